The zero-order valence-electron chi connectivity index (χ0n) is 18.4. The second-order valence-electron chi connectivity index (χ2n) is 9.12. The smallest absolute Gasteiger partial charge is 0.333 e. The van der Waals surface area contributed by atoms with E-state index < -0.39 is 35.2 Å². The summed E-state index contributed by atoms with van der Waals surface area (Å²) >= 11 is 0. The Labute approximate surface area is 177 Å². The van der Waals surface area contributed by atoms with Crippen LogP contribution in [-0.2, 0) is 28.6 Å². The Kier molecular flexibility index (Phi) is 6.14. The van der Waals surface area contributed by atoms with Gasteiger partial charge in [-0.3, -0.25) is 9.59 Å². The maximum absolute atomic E-state index is 13.0. The van der Waals surface area contributed by atoms with Gasteiger partial charge in [0.1, 0.15) is 17.5 Å². The van der Waals surface area contributed by atoms with Gasteiger partial charge in [0.25, 0.3) is 0 Å². The minimum atomic E-state index is -1.18. The molecule has 3 rings (SSSR count). The molecule has 0 spiro atoms. The van der Waals surface area contributed by atoms with Crippen LogP contribution in [0.15, 0.2) is 23.0 Å². The molecule has 0 aromatic rings. The number of ketones is 1. The summed E-state index contributed by atoms with van der Waals surface area (Å²) < 4.78 is 17.1. The predicted molar refractivity (Wildman–Crippen MR) is 108 cm³/mol. The molecule has 1 aliphatic carbocycles. The molecular weight excluding hydrogens is 388 g/mol. The van der Waals surface area contributed by atoms with Gasteiger partial charge in [0.15, 0.2) is 5.78 Å². The molecule has 0 saturated carbocycles. The van der Waals surface area contributed by atoms with Crippen molar-refractivity contribution in [2.24, 2.45) is 11.8 Å². The number of carbonyl (C=O) groups is 3. The van der Waals surface area contributed by atoms with E-state index in [2.05, 4.69) is 0 Å². The summed E-state index contributed by atoms with van der Waals surface area (Å²) in [6.45, 7) is 7.01. The lowest BCUT2D eigenvalue weighted by Crippen LogP contribution is -2.49. The number of hydrogen-bond donors (Lipinski definition) is 1. The summed E-state index contributed by atoms with van der Waals surface area (Å²) in [5.41, 5.74) is -1.16. The summed E-state index contributed by atoms with van der Waals surface area (Å²) in [6.07, 6.45) is 3.20. The zero-order chi connectivity index (χ0) is 22.3. The van der Waals surface area contributed by atoms with E-state index >= 15 is 0 Å². The van der Waals surface area contributed by atoms with E-state index in [0.717, 1.165) is 0 Å². The van der Waals surface area contributed by atoms with Crippen molar-refractivity contribution < 1.29 is 33.7 Å². The minimum absolute atomic E-state index is 0.0142. The van der Waals surface area contributed by atoms with Crippen molar-refractivity contribution in [1.29, 1.82) is 0 Å². The molecular formula is C23H32O7. The summed E-state index contributed by atoms with van der Waals surface area (Å²) in [7, 11) is 1.31. The van der Waals surface area contributed by atoms with Gasteiger partial charge >= 0.3 is 11.9 Å². The van der Waals surface area contributed by atoms with Crippen LogP contribution < -0.4 is 0 Å². The highest BCUT2D eigenvalue weighted by atomic mass is 16.6. The maximum atomic E-state index is 13.0. The topological polar surface area (TPSA) is 99.1 Å². The Morgan fingerprint density at radius 3 is 2.53 bits per heavy atom. The fraction of sp³-hybridized carbons (Fsp3) is 0.696. The third kappa shape index (κ3) is 3.92. The van der Waals surface area contributed by atoms with E-state index in [0.29, 0.717) is 49.0 Å². The number of ether oxygens (including phenoxy) is 3. The van der Waals surface area contributed by atoms with E-state index in [-0.39, 0.29) is 18.1 Å². The van der Waals surface area contributed by atoms with Crippen molar-refractivity contribution in [3.63, 3.8) is 0 Å². The minimum Gasteiger partial charge on any atom is -0.487 e. The molecule has 0 saturated heterocycles. The molecule has 0 aromatic carbocycles. The largest absolute Gasteiger partial charge is 0.487 e. The first-order chi connectivity index (χ1) is 14.0. The molecule has 7 heteroatoms. The first kappa shape index (κ1) is 22.5. The number of hydrogen-bond acceptors (Lipinski definition) is 7. The quantitative estimate of drug-likeness (QED) is 0.701. The SMILES string of the molecule is COC(=O)C1=CC2C3=C(CCC2(O)C(C)C)C(=O)CCC(C)(O3)C(OC(C)=O)CC1. The number of aliphatic hydroxyl groups is 1. The molecule has 30 heavy (non-hydrogen) atoms. The van der Waals surface area contributed by atoms with Crippen LogP contribution in [0, 0.1) is 11.8 Å². The average Bonchev–Trinajstić information content (AvgIpc) is 2.77. The second kappa shape index (κ2) is 8.17. The van der Waals surface area contributed by atoms with Crippen molar-refractivity contribution >= 4 is 17.7 Å². The van der Waals surface area contributed by atoms with Crippen LogP contribution in [0.4, 0.5) is 0 Å². The molecule has 166 valence electrons. The second-order valence-corrected chi connectivity index (χ2v) is 9.12. The van der Waals surface area contributed by atoms with Crippen LogP contribution in [0.5, 0.6) is 0 Å². The maximum Gasteiger partial charge on any atom is 0.333 e. The molecule has 0 fully saturated rings. The van der Waals surface area contributed by atoms with Crippen LogP contribution in [-0.4, -0.2) is 47.2 Å². The summed E-state index contributed by atoms with van der Waals surface area (Å²) in [5, 5.41) is 11.6. The van der Waals surface area contributed by atoms with Gasteiger partial charge in [-0.1, -0.05) is 19.9 Å². The Morgan fingerprint density at radius 1 is 1.23 bits per heavy atom. The van der Waals surface area contributed by atoms with Crippen LogP contribution in [0.25, 0.3) is 0 Å². The molecule has 3 aliphatic rings. The molecule has 1 N–H and O–H groups in total. The van der Waals surface area contributed by atoms with Crippen molar-refractivity contribution in [1.82, 2.24) is 0 Å². The fourth-order valence-corrected chi connectivity index (χ4v) is 4.89. The van der Waals surface area contributed by atoms with Crippen molar-refractivity contribution in [3.05, 3.63) is 23.0 Å². The summed E-state index contributed by atoms with van der Waals surface area (Å²) in [4.78, 5) is 37.3. The van der Waals surface area contributed by atoms with Crippen molar-refractivity contribution in [2.75, 3.05) is 7.11 Å². The van der Waals surface area contributed by atoms with Gasteiger partial charge < -0.3 is 19.3 Å². The number of carbonyl (C=O) groups excluding carboxylic acids is 3. The Hall–Kier alpha value is -2.15. The highest BCUT2D eigenvalue weighted by Crippen LogP contribution is 2.49. The van der Waals surface area contributed by atoms with E-state index in [9.17, 15) is 19.5 Å². The van der Waals surface area contributed by atoms with Gasteiger partial charge in [0, 0.05) is 24.5 Å². The zero-order valence-corrected chi connectivity index (χ0v) is 18.4. The van der Waals surface area contributed by atoms with Crippen LogP contribution in [0.1, 0.15) is 66.2 Å². The molecule has 4 unspecified atom stereocenters. The number of fused-ring (bicyclic) bond motifs is 1. The molecule has 0 amide bonds. The molecule has 2 heterocycles. The summed E-state index contributed by atoms with van der Waals surface area (Å²) in [6, 6.07) is 0. The van der Waals surface area contributed by atoms with Gasteiger partial charge in [-0.05, 0) is 44.9 Å². The third-order valence-corrected chi connectivity index (χ3v) is 6.90. The lowest BCUT2D eigenvalue weighted by atomic mass is 9.68. The van der Waals surface area contributed by atoms with Crippen LogP contribution in [0.2, 0.25) is 0 Å². The Balaban J connectivity index is 2.22. The van der Waals surface area contributed by atoms with Gasteiger partial charge in [-0.25, -0.2) is 4.79 Å². The van der Waals surface area contributed by atoms with E-state index in [1.54, 1.807) is 6.08 Å². The predicted octanol–water partition coefficient (Wildman–Crippen LogP) is 3.00. The number of allylic oxidation sites excluding steroid dienone is 1. The fourth-order valence-electron chi connectivity index (χ4n) is 4.89. The number of rotatable bonds is 3. The van der Waals surface area contributed by atoms with Gasteiger partial charge in [-0.2, -0.15) is 0 Å². The number of esters is 2. The van der Waals surface area contributed by atoms with Crippen LogP contribution in [0.3, 0.4) is 0 Å². The first-order valence-electron chi connectivity index (χ1n) is 10.7. The summed E-state index contributed by atoms with van der Waals surface area (Å²) in [5.74, 6) is -1.35. The number of Topliss-reactive ketones (excluding diaryl/α,β-unsaturated/α-hetero) is 1. The molecule has 2 bridgehead atoms. The normalized spacial score (nSPS) is 34.1. The molecule has 2 aliphatic heterocycles. The van der Waals surface area contributed by atoms with Crippen molar-refractivity contribution in [2.45, 2.75) is 83.5 Å². The van der Waals surface area contributed by atoms with Gasteiger partial charge in [0.05, 0.1) is 18.6 Å². The first-order valence-corrected chi connectivity index (χ1v) is 10.7. The Morgan fingerprint density at radius 2 is 1.93 bits per heavy atom. The van der Waals surface area contributed by atoms with Gasteiger partial charge in [0.2, 0.25) is 0 Å². The van der Waals surface area contributed by atoms with Crippen LogP contribution >= 0.6 is 0 Å². The Bertz CT molecular complexity index is 808. The molecule has 4 atom stereocenters. The lowest BCUT2D eigenvalue weighted by Gasteiger charge is -2.45. The monoisotopic (exact) mass is 420 g/mol. The van der Waals surface area contributed by atoms with Crippen molar-refractivity contribution in [3.8, 4) is 0 Å². The molecule has 7 nitrogen and oxygen atoms in total. The number of methoxy groups -OCH3 is 1. The van der Waals surface area contributed by atoms with E-state index in [1.165, 1.54) is 14.0 Å². The highest BCUT2D eigenvalue weighted by molar-refractivity contribution is 5.96. The highest BCUT2D eigenvalue weighted by Gasteiger charge is 2.52. The average molecular weight is 421 g/mol. The van der Waals surface area contributed by atoms with E-state index in [1.807, 2.05) is 20.8 Å². The lowest BCUT2D eigenvalue weighted by molar-refractivity contribution is -0.168. The molecule has 0 radical (unpaired) electrons. The van der Waals surface area contributed by atoms with E-state index in [4.69, 9.17) is 14.2 Å². The van der Waals surface area contributed by atoms with Gasteiger partial charge in [-0.15, -0.1) is 0 Å². The third-order valence-electron chi connectivity index (χ3n) is 6.90. The molecule has 0 aromatic heterocycles. The standard InChI is InChI=1S/C23H32O7/c1-13(2)23(27)11-8-16-18(25)9-10-22(4)19(29-14(3)24)7-6-15(21(26)28-5)12-17(23)20(16)30-22/h12-13,17,19,27H,6-11H2,1-5H3.